The van der Waals surface area contributed by atoms with Gasteiger partial charge in [0.2, 0.25) is 10.0 Å². The van der Waals surface area contributed by atoms with Crippen molar-refractivity contribution in [2.45, 2.75) is 30.6 Å². The highest BCUT2D eigenvalue weighted by molar-refractivity contribution is 7.92. The molecule has 0 aromatic heterocycles. The Morgan fingerprint density at radius 1 is 0.828 bits per heavy atom. The van der Waals surface area contributed by atoms with Crippen molar-refractivity contribution < 1.29 is 16.8 Å². The highest BCUT2D eigenvalue weighted by Gasteiger charge is 2.27. The zero-order chi connectivity index (χ0) is 21.4. The second-order valence-corrected chi connectivity index (χ2v) is 11.1. The van der Waals surface area contributed by atoms with E-state index in [0.29, 0.717) is 43.0 Å². The van der Waals surface area contributed by atoms with Gasteiger partial charge in [0.15, 0.2) is 0 Å². The van der Waals surface area contributed by atoms with Crippen molar-refractivity contribution in [3.05, 3.63) is 53.1 Å². The predicted octanol–water partition coefficient (Wildman–Crippen LogP) is 2.35. The van der Waals surface area contributed by atoms with Gasteiger partial charge in [-0.2, -0.15) is 4.31 Å². The first-order valence-electron chi connectivity index (χ1n) is 9.40. The van der Waals surface area contributed by atoms with E-state index < -0.39 is 20.0 Å². The minimum atomic E-state index is -3.78. The van der Waals surface area contributed by atoms with Crippen LogP contribution >= 0.6 is 0 Å². The number of piperazine rings is 1. The maximum atomic E-state index is 12.9. The van der Waals surface area contributed by atoms with Crippen LogP contribution in [0.25, 0.3) is 0 Å². The van der Waals surface area contributed by atoms with E-state index in [9.17, 15) is 16.8 Å². The van der Waals surface area contributed by atoms with Gasteiger partial charge in [-0.05, 0) is 63.2 Å². The highest BCUT2D eigenvalue weighted by Crippen LogP contribution is 2.25. The number of nitrogens with zero attached hydrogens (tertiary/aromatic N) is 2. The summed E-state index contributed by atoms with van der Waals surface area (Å²) >= 11 is 0. The second-order valence-electron chi connectivity index (χ2n) is 7.57. The van der Waals surface area contributed by atoms with Gasteiger partial charge in [0, 0.05) is 31.9 Å². The Bertz CT molecular complexity index is 1080. The van der Waals surface area contributed by atoms with Crippen molar-refractivity contribution in [2.75, 3.05) is 37.9 Å². The zero-order valence-corrected chi connectivity index (χ0v) is 18.8. The fraction of sp³-hybridized carbons (Fsp3) is 0.400. The van der Waals surface area contributed by atoms with E-state index in [-0.39, 0.29) is 9.79 Å². The van der Waals surface area contributed by atoms with Crippen LogP contribution in [0.4, 0.5) is 5.69 Å². The molecule has 1 N–H and O–H groups in total. The number of likely N-dealkylation sites (N-methyl/N-ethyl adjacent to an activating group) is 1. The summed E-state index contributed by atoms with van der Waals surface area (Å²) in [5.74, 6) is 0. The number of hydrogen-bond acceptors (Lipinski definition) is 5. The molecule has 2 aromatic carbocycles. The molecule has 1 saturated heterocycles. The van der Waals surface area contributed by atoms with Crippen LogP contribution < -0.4 is 4.72 Å². The standard InChI is InChI=1S/C20H27N3O4S2/c1-15-13-16(2)20(17(3)14-15)28(24,25)21-18-5-7-19(8-6-18)29(26,27)23-11-9-22(4)10-12-23/h5-8,13-14,21H,9-12H2,1-4H3. The van der Waals surface area contributed by atoms with Gasteiger partial charge in [-0.25, -0.2) is 16.8 Å². The molecule has 0 aliphatic carbocycles. The molecule has 1 heterocycles. The number of benzene rings is 2. The second kappa shape index (κ2) is 8.06. The Morgan fingerprint density at radius 3 is 1.86 bits per heavy atom. The smallest absolute Gasteiger partial charge is 0.262 e. The van der Waals surface area contributed by atoms with Gasteiger partial charge < -0.3 is 4.90 Å². The third-order valence-electron chi connectivity index (χ3n) is 5.08. The first-order chi connectivity index (χ1) is 13.5. The average molecular weight is 438 g/mol. The van der Waals surface area contributed by atoms with Crippen LogP contribution in [0.1, 0.15) is 16.7 Å². The maximum Gasteiger partial charge on any atom is 0.262 e. The van der Waals surface area contributed by atoms with Gasteiger partial charge in [0.25, 0.3) is 10.0 Å². The predicted molar refractivity (Wildman–Crippen MR) is 114 cm³/mol. The summed E-state index contributed by atoms with van der Waals surface area (Å²) in [5.41, 5.74) is 2.66. The molecule has 0 amide bonds. The molecule has 0 saturated carbocycles. The van der Waals surface area contributed by atoms with Crippen LogP contribution in [-0.4, -0.2) is 59.3 Å². The van der Waals surface area contributed by atoms with Crippen molar-refractivity contribution in [1.29, 1.82) is 0 Å². The monoisotopic (exact) mass is 437 g/mol. The quantitative estimate of drug-likeness (QED) is 0.776. The lowest BCUT2D eigenvalue weighted by molar-refractivity contribution is 0.222. The van der Waals surface area contributed by atoms with E-state index in [2.05, 4.69) is 9.62 Å². The van der Waals surface area contributed by atoms with Crippen molar-refractivity contribution in [3.8, 4) is 0 Å². The summed E-state index contributed by atoms with van der Waals surface area (Å²) in [6.07, 6.45) is 0. The van der Waals surface area contributed by atoms with Crippen LogP contribution in [0.15, 0.2) is 46.2 Å². The molecular weight excluding hydrogens is 410 g/mol. The molecule has 1 fully saturated rings. The Hall–Kier alpha value is -1.94. The molecule has 0 bridgehead atoms. The van der Waals surface area contributed by atoms with Crippen LogP contribution in [0.3, 0.4) is 0 Å². The van der Waals surface area contributed by atoms with E-state index in [0.717, 1.165) is 5.56 Å². The molecule has 3 rings (SSSR count). The van der Waals surface area contributed by atoms with E-state index in [1.807, 2.05) is 26.1 Å². The lowest BCUT2D eigenvalue weighted by Gasteiger charge is -2.31. The SMILES string of the molecule is Cc1cc(C)c(S(=O)(=O)Nc2ccc(S(=O)(=O)N3CCN(C)CC3)cc2)c(C)c1. The average Bonchev–Trinajstić information content (AvgIpc) is 2.61. The third kappa shape index (κ3) is 4.63. The highest BCUT2D eigenvalue weighted by atomic mass is 32.2. The van der Waals surface area contributed by atoms with Gasteiger partial charge >= 0.3 is 0 Å². The Labute approximate surface area is 173 Å². The normalized spacial score (nSPS) is 16.7. The third-order valence-corrected chi connectivity index (χ3v) is 8.68. The zero-order valence-electron chi connectivity index (χ0n) is 17.1. The summed E-state index contributed by atoms with van der Waals surface area (Å²) in [5, 5.41) is 0. The van der Waals surface area contributed by atoms with Crippen LogP contribution in [0, 0.1) is 20.8 Å². The lowest BCUT2D eigenvalue weighted by atomic mass is 10.1. The molecule has 7 nitrogen and oxygen atoms in total. The van der Waals surface area contributed by atoms with Crippen LogP contribution in [-0.2, 0) is 20.0 Å². The lowest BCUT2D eigenvalue weighted by Crippen LogP contribution is -2.46. The number of hydrogen-bond donors (Lipinski definition) is 1. The molecule has 2 aromatic rings. The molecule has 1 aliphatic heterocycles. The van der Waals surface area contributed by atoms with Crippen molar-refractivity contribution in [2.24, 2.45) is 0 Å². The Kier molecular flexibility index (Phi) is 6.05. The molecule has 158 valence electrons. The number of sulfonamides is 2. The summed E-state index contributed by atoms with van der Waals surface area (Å²) in [7, 11) is -5.41. The molecule has 0 spiro atoms. The maximum absolute atomic E-state index is 12.9. The molecule has 9 heteroatoms. The largest absolute Gasteiger partial charge is 0.304 e. The molecular formula is C20H27N3O4S2. The number of rotatable bonds is 5. The topological polar surface area (TPSA) is 86.8 Å². The van der Waals surface area contributed by atoms with Gasteiger partial charge in [0.05, 0.1) is 9.79 Å². The molecule has 1 aliphatic rings. The molecule has 29 heavy (non-hydrogen) atoms. The van der Waals surface area contributed by atoms with Gasteiger partial charge in [-0.1, -0.05) is 17.7 Å². The molecule has 0 atom stereocenters. The van der Waals surface area contributed by atoms with E-state index in [4.69, 9.17) is 0 Å². The van der Waals surface area contributed by atoms with Gasteiger partial charge in [-0.15, -0.1) is 0 Å². The van der Waals surface area contributed by atoms with Gasteiger partial charge in [0.1, 0.15) is 0 Å². The van der Waals surface area contributed by atoms with E-state index in [1.54, 1.807) is 13.8 Å². The van der Waals surface area contributed by atoms with E-state index >= 15 is 0 Å². The Balaban J connectivity index is 1.82. The number of aryl methyl sites for hydroxylation is 3. The minimum absolute atomic E-state index is 0.160. The first kappa shape index (κ1) is 21.8. The van der Waals surface area contributed by atoms with Crippen molar-refractivity contribution in [1.82, 2.24) is 9.21 Å². The van der Waals surface area contributed by atoms with E-state index in [1.165, 1.54) is 28.6 Å². The fourth-order valence-corrected chi connectivity index (χ4v) is 6.61. The number of nitrogens with one attached hydrogen (secondary N) is 1. The van der Waals surface area contributed by atoms with Crippen LogP contribution in [0.2, 0.25) is 0 Å². The minimum Gasteiger partial charge on any atom is -0.304 e. The van der Waals surface area contributed by atoms with Gasteiger partial charge in [-0.3, -0.25) is 4.72 Å². The molecule has 0 unspecified atom stereocenters. The first-order valence-corrected chi connectivity index (χ1v) is 12.3. The van der Waals surface area contributed by atoms with Crippen molar-refractivity contribution >= 4 is 25.7 Å². The fourth-order valence-electron chi connectivity index (χ4n) is 3.67. The number of anilines is 1. The van der Waals surface area contributed by atoms with Crippen LogP contribution in [0.5, 0.6) is 0 Å². The summed E-state index contributed by atoms with van der Waals surface area (Å²) in [4.78, 5) is 2.49. The molecule has 0 radical (unpaired) electrons. The summed E-state index contributed by atoms with van der Waals surface area (Å²) in [6.45, 7) is 7.71. The summed E-state index contributed by atoms with van der Waals surface area (Å²) < 4.78 is 55.4. The Morgan fingerprint density at radius 2 is 1.34 bits per heavy atom. The van der Waals surface area contributed by atoms with Crippen molar-refractivity contribution in [3.63, 3.8) is 0 Å². The summed E-state index contributed by atoms with van der Waals surface area (Å²) in [6, 6.07) is 9.51.